The van der Waals surface area contributed by atoms with Gasteiger partial charge in [0.05, 0.1) is 10.6 Å². The SMILES string of the molecule is CCC(C)(O)CNCc1[nH]c2ccccc2c1Cl. The summed E-state index contributed by atoms with van der Waals surface area (Å²) in [4.78, 5) is 3.29. The van der Waals surface area contributed by atoms with Gasteiger partial charge in [-0.15, -0.1) is 0 Å². The van der Waals surface area contributed by atoms with Crippen molar-refractivity contribution in [2.45, 2.75) is 32.4 Å². The summed E-state index contributed by atoms with van der Waals surface area (Å²) >= 11 is 6.31. The van der Waals surface area contributed by atoms with Crippen LogP contribution in [0.25, 0.3) is 10.9 Å². The second-order valence-corrected chi connectivity index (χ2v) is 5.30. The minimum absolute atomic E-state index is 0.551. The second kappa shape index (κ2) is 5.31. The molecular weight excluding hydrogens is 248 g/mol. The van der Waals surface area contributed by atoms with Crippen molar-refractivity contribution in [3.63, 3.8) is 0 Å². The van der Waals surface area contributed by atoms with Crippen LogP contribution >= 0.6 is 11.6 Å². The number of hydrogen-bond acceptors (Lipinski definition) is 2. The second-order valence-electron chi connectivity index (χ2n) is 4.92. The predicted molar refractivity (Wildman–Crippen MR) is 75.9 cm³/mol. The summed E-state index contributed by atoms with van der Waals surface area (Å²) in [6.07, 6.45) is 0.723. The molecule has 0 aliphatic rings. The molecule has 1 aromatic carbocycles. The van der Waals surface area contributed by atoms with Crippen LogP contribution in [0.4, 0.5) is 0 Å². The van der Waals surface area contributed by atoms with E-state index in [1.54, 1.807) is 0 Å². The molecule has 0 saturated heterocycles. The summed E-state index contributed by atoms with van der Waals surface area (Å²) in [7, 11) is 0. The molecule has 98 valence electrons. The van der Waals surface area contributed by atoms with Crippen molar-refractivity contribution in [3.05, 3.63) is 35.0 Å². The normalized spacial score (nSPS) is 14.9. The minimum Gasteiger partial charge on any atom is -0.389 e. The number of aromatic nitrogens is 1. The molecule has 0 aliphatic heterocycles. The molecule has 18 heavy (non-hydrogen) atoms. The van der Waals surface area contributed by atoms with E-state index in [0.29, 0.717) is 13.1 Å². The summed E-state index contributed by atoms with van der Waals surface area (Å²) in [6.45, 7) is 4.98. The lowest BCUT2D eigenvalue weighted by Crippen LogP contribution is -2.36. The third-order valence-electron chi connectivity index (χ3n) is 3.28. The lowest BCUT2D eigenvalue weighted by Gasteiger charge is -2.21. The molecule has 1 aromatic heterocycles. The Kier molecular flexibility index (Phi) is 3.95. The molecule has 1 heterocycles. The van der Waals surface area contributed by atoms with E-state index in [0.717, 1.165) is 28.0 Å². The van der Waals surface area contributed by atoms with Gasteiger partial charge < -0.3 is 15.4 Å². The van der Waals surface area contributed by atoms with Gasteiger partial charge in [-0.25, -0.2) is 0 Å². The lowest BCUT2D eigenvalue weighted by atomic mass is 10.0. The quantitative estimate of drug-likeness (QED) is 0.779. The van der Waals surface area contributed by atoms with Crippen molar-refractivity contribution in [1.82, 2.24) is 10.3 Å². The molecule has 2 aromatic rings. The van der Waals surface area contributed by atoms with Crippen molar-refractivity contribution in [2.75, 3.05) is 6.54 Å². The number of benzene rings is 1. The van der Waals surface area contributed by atoms with Gasteiger partial charge in [-0.3, -0.25) is 0 Å². The lowest BCUT2D eigenvalue weighted by molar-refractivity contribution is 0.0555. The van der Waals surface area contributed by atoms with Crippen LogP contribution < -0.4 is 5.32 Å². The van der Waals surface area contributed by atoms with Crippen LogP contribution in [0.2, 0.25) is 5.02 Å². The van der Waals surface area contributed by atoms with E-state index >= 15 is 0 Å². The van der Waals surface area contributed by atoms with Crippen molar-refractivity contribution in [3.8, 4) is 0 Å². The number of halogens is 1. The van der Waals surface area contributed by atoms with E-state index in [1.807, 2.05) is 38.1 Å². The Balaban J connectivity index is 2.06. The summed E-state index contributed by atoms with van der Waals surface area (Å²) in [5.74, 6) is 0. The highest BCUT2D eigenvalue weighted by Gasteiger charge is 2.17. The molecule has 0 amide bonds. The maximum atomic E-state index is 9.90. The molecule has 0 bridgehead atoms. The fourth-order valence-corrected chi connectivity index (χ4v) is 2.15. The van der Waals surface area contributed by atoms with Crippen LogP contribution in [-0.4, -0.2) is 22.2 Å². The first-order chi connectivity index (χ1) is 8.53. The molecule has 1 atom stereocenters. The maximum Gasteiger partial charge on any atom is 0.0741 e. The van der Waals surface area contributed by atoms with E-state index in [4.69, 9.17) is 11.6 Å². The largest absolute Gasteiger partial charge is 0.389 e. The highest BCUT2D eigenvalue weighted by Crippen LogP contribution is 2.26. The van der Waals surface area contributed by atoms with E-state index in [9.17, 15) is 5.11 Å². The topological polar surface area (TPSA) is 48.0 Å². The van der Waals surface area contributed by atoms with Gasteiger partial charge in [-0.2, -0.15) is 0 Å². The number of fused-ring (bicyclic) bond motifs is 1. The van der Waals surface area contributed by atoms with Crippen LogP contribution in [0.15, 0.2) is 24.3 Å². The molecule has 0 aliphatic carbocycles. The van der Waals surface area contributed by atoms with Crippen molar-refractivity contribution in [1.29, 1.82) is 0 Å². The van der Waals surface area contributed by atoms with E-state index in [-0.39, 0.29) is 0 Å². The van der Waals surface area contributed by atoms with Crippen LogP contribution in [0.5, 0.6) is 0 Å². The maximum absolute atomic E-state index is 9.90. The molecule has 0 saturated carbocycles. The Morgan fingerprint density at radius 3 is 2.78 bits per heavy atom. The number of para-hydroxylation sites is 1. The van der Waals surface area contributed by atoms with Gasteiger partial charge in [-0.1, -0.05) is 36.7 Å². The van der Waals surface area contributed by atoms with Gasteiger partial charge in [0.15, 0.2) is 0 Å². The zero-order valence-corrected chi connectivity index (χ0v) is 11.5. The Labute approximate surface area is 112 Å². The minimum atomic E-state index is -0.668. The van der Waals surface area contributed by atoms with Gasteiger partial charge in [0.1, 0.15) is 0 Å². The molecule has 0 spiro atoms. The van der Waals surface area contributed by atoms with Crippen molar-refractivity contribution >= 4 is 22.5 Å². The van der Waals surface area contributed by atoms with Gasteiger partial charge in [0.25, 0.3) is 0 Å². The van der Waals surface area contributed by atoms with Crippen LogP contribution in [0.1, 0.15) is 26.0 Å². The number of aromatic amines is 1. The third kappa shape index (κ3) is 2.86. The average molecular weight is 267 g/mol. The molecule has 0 radical (unpaired) electrons. The van der Waals surface area contributed by atoms with E-state index in [2.05, 4.69) is 10.3 Å². The Morgan fingerprint density at radius 1 is 1.39 bits per heavy atom. The van der Waals surface area contributed by atoms with Crippen LogP contribution in [0, 0.1) is 0 Å². The fraction of sp³-hybridized carbons (Fsp3) is 0.429. The first kappa shape index (κ1) is 13.4. The van der Waals surface area contributed by atoms with E-state index in [1.165, 1.54) is 0 Å². The molecule has 2 rings (SSSR count). The number of nitrogens with one attached hydrogen (secondary N) is 2. The molecular formula is C14H19ClN2O. The average Bonchev–Trinajstić information content (AvgIpc) is 2.67. The van der Waals surface area contributed by atoms with Crippen molar-refractivity contribution in [2.24, 2.45) is 0 Å². The standard InChI is InChI=1S/C14H19ClN2O/c1-3-14(2,18)9-16-8-12-13(15)10-6-4-5-7-11(10)17-12/h4-7,16-18H,3,8-9H2,1-2H3. The smallest absolute Gasteiger partial charge is 0.0741 e. The number of aliphatic hydroxyl groups is 1. The van der Waals surface area contributed by atoms with Gasteiger partial charge in [0, 0.05) is 29.7 Å². The molecule has 3 nitrogen and oxygen atoms in total. The van der Waals surface area contributed by atoms with Crippen molar-refractivity contribution < 1.29 is 5.11 Å². The predicted octanol–water partition coefficient (Wildman–Crippen LogP) is 3.07. The number of hydrogen-bond donors (Lipinski definition) is 3. The summed E-state index contributed by atoms with van der Waals surface area (Å²) < 4.78 is 0. The highest BCUT2D eigenvalue weighted by atomic mass is 35.5. The first-order valence-electron chi connectivity index (χ1n) is 6.21. The zero-order chi connectivity index (χ0) is 13.2. The van der Waals surface area contributed by atoms with Gasteiger partial charge in [0.2, 0.25) is 0 Å². The fourth-order valence-electron chi connectivity index (χ4n) is 1.87. The Morgan fingerprint density at radius 2 is 2.11 bits per heavy atom. The summed E-state index contributed by atoms with van der Waals surface area (Å²) in [5, 5.41) is 14.9. The summed E-state index contributed by atoms with van der Waals surface area (Å²) in [5.41, 5.74) is 1.34. The first-order valence-corrected chi connectivity index (χ1v) is 6.59. The Bertz CT molecular complexity index is 534. The zero-order valence-electron chi connectivity index (χ0n) is 10.8. The van der Waals surface area contributed by atoms with Gasteiger partial charge in [-0.05, 0) is 19.4 Å². The Hall–Kier alpha value is -1.03. The van der Waals surface area contributed by atoms with Gasteiger partial charge >= 0.3 is 0 Å². The third-order valence-corrected chi connectivity index (χ3v) is 3.72. The molecule has 4 heteroatoms. The number of H-pyrrole nitrogens is 1. The molecule has 3 N–H and O–H groups in total. The number of rotatable bonds is 5. The molecule has 1 unspecified atom stereocenters. The highest BCUT2D eigenvalue weighted by molar-refractivity contribution is 6.36. The van der Waals surface area contributed by atoms with E-state index < -0.39 is 5.60 Å². The molecule has 0 fully saturated rings. The monoisotopic (exact) mass is 266 g/mol. The summed E-state index contributed by atoms with van der Waals surface area (Å²) in [6, 6.07) is 7.96. The van der Waals surface area contributed by atoms with Crippen LogP contribution in [-0.2, 0) is 6.54 Å². The van der Waals surface area contributed by atoms with Crippen LogP contribution in [0.3, 0.4) is 0 Å².